The number of rotatable bonds is 1. The third kappa shape index (κ3) is 2.59. The third-order valence-corrected chi connectivity index (χ3v) is 3.10. The number of halogens is 1. The minimum absolute atomic E-state index is 0.105. The molecule has 1 N–H and O–H groups in total. The van der Waals surface area contributed by atoms with E-state index in [1.807, 2.05) is 0 Å². The standard InChI is InChI=1S/C11H13BrN2O2/c12-8-3-4-10(13-6-8)11(16)14-5-1-2-9(15)7-14/h3-4,6,9,15H,1-2,5,7H2. The van der Waals surface area contributed by atoms with Gasteiger partial charge in [-0.2, -0.15) is 0 Å². The van der Waals surface area contributed by atoms with Crippen LogP contribution in [0.3, 0.4) is 0 Å². The molecule has 16 heavy (non-hydrogen) atoms. The lowest BCUT2D eigenvalue weighted by atomic mass is 10.1. The fourth-order valence-corrected chi connectivity index (χ4v) is 2.04. The first-order chi connectivity index (χ1) is 7.66. The number of carbonyl (C=O) groups is 1. The minimum atomic E-state index is -0.395. The topological polar surface area (TPSA) is 53.4 Å². The van der Waals surface area contributed by atoms with Crippen molar-refractivity contribution in [3.8, 4) is 0 Å². The molecule has 0 bridgehead atoms. The van der Waals surface area contributed by atoms with Crippen LogP contribution in [-0.2, 0) is 0 Å². The summed E-state index contributed by atoms with van der Waals surface area (Å²) in [5.41, 5.74) is 0.428. The van der Waals surface area contributed by atoms with E-state index in [4.69, 9.17) is 0 Å². The molecule has 4 nitrogen and oxygen atoms in total. The Morgan fingerprint density at radius 2 is 2.38 bits per heavy atom. The van der Waals surface area contributed by atoms with Crippen LogP contribution < -0.4 is 0 Å². The van der Waals surface area contributed by atoms with Crippen LogP contribution in [0.5, 0.6) is 0 Å². The Kier molecular flexibility index (Phi) is 3.56. The van der Waals surface area contributed by atoms with Crippen molar-refractivity contribution in [1.82, 2.24) is 9.88 Å². The first-order valence-electron chi connectivity index (χ1n) is 5.26. The molecule has 2 rings (SSSR count). The first-order valence-corrected chi connectivity index (χ1v) is 6.05. The van der Waals surface area contributed by atoms with E-state index in [9.17, 15) is 9.90 Å². The van der Waals surface area contributed by atoms with Crippen molar-refractivity contribution in [2.24, 2.45) is 0 Å². The summed E-state index contributed by atoms with van der Waals surface area (Å²) in [7, 11) is 0. The lowest BCUT2D eigenvalue weighted by Gasteiger charge is -2.29. The summed E-state index contributed by atoms with van der Waals surface area (Å²) in [6, 6.07) is 3.48. The third-order valence-electron chi connectivity index (χ3n) is 2.63. The van der Waals surface area contributed by atoms with E-state index in [2.05, 4.69) is 20.9 Å². The van der Waals surface area contributed by atoms with Crippen LogP contribution in [0.1, 0.15) is 23.3 Å². The largest absolute Gasteiger partial charge is 0.391 e. The van der Waals surface area contributed by atoms with E-state index in [0.717, 1.165) is 17.3 Å². The summed E-state index contributed by atoms with van der Waals surface area (Å²) in [5, 5.41) is 9.50. The van der Waals surface area contributed by atoms with E-state index < -0.39 is 6.10 Å². The number of pyridine rings is 1. The number of hydrogen-bond acceptors (Lipinski definition) is 3. The molecule has 0 radical (unpaired) electrons. The van der Waals surface area contributed by atoms with E-state index >= 15 is 0 Å². The van der Waals surface area contributed by atoms with E-state index in [0.29, 0.717) is 18.8 Å². The van der Waals surface area contributed by atoms with Crippen LogP contribution in [-0.4, -0.2) is 40.1 Å². The smallest absolute Gasteiger partial charge is 0.272 e. The molecule has 0 saturated carbocycles. The minimum Gasteiger partial charge on any atom is -0.391 e. The molecule has 86 valence electrons. The van der Waals surface area contributed by atoms with Crippen molar-refractivity contribution < 1.29 is 9.90 Å². The molecule has 1 amide bonds. The monoisotopic (exact) mass is 284 g/mol. The quantitative estimate of drug-likeness (QED) is 0.849. The number of aliphatic hydroxyl groups is 1. The van der Waals surface area contributed by atoms with Crippen LogP contribution in [0.4, 0.5) is 0 Å². The SMILES string of the molecule is O=C(c1ccc(Br)cn1)N1CCCC(O)C1. The van der Waals surface area contributed by atoms with Crippen LogP contribution in [0.15, 0.2) is 22.8 Å². The average Bonchev–Trinajstić information content (AvgIpc) is 2.29. The number of likely N-dealkylation sites (tertiary alicyclic amines) is 1. The molecule has 1 aliphatic rings. The average molecular weight is 285 g/mol. The Bertz CT molecular complexity index is 380. The van der Waals surface area contributed by atoms with Gasteiger partial charge in [0.05, 0.1) is 6.10 Å². The molecule has 1 atom stereocenters. The number of carbonyl (C=O) groups excluding carboxylic acids is 1. The van der Waals surface area contributed by atoms with Crippen molar-refractivity contribution in [2.75, 3.05) is 13.1 Å². The molecule has 0 spiro atoms. The number of aromatic nitrogens is 1. The zero-order valence-corrected chi connectivity index (χ0v) is 10.4. The highest BCUT2D eigenvalue weighted by atomic mass is 79.9. The molecule has 0 aliphatic carbocycles. The predicted octanol–water partition coefficient (Wildman–Crippen LogP) is 1.44. The number of piperidine rings is 1. The normalized spacial score (nSPS) is 20.9. The molecule has 1 aliphatic heterocycles. The molecule has 1 unspecified atom stereocenters. The summed E-state index contributed by atoms with van der Waals surface area (Å²) in [4.78, 5) is 17.7. The van der Waals surface area contributed by atoms with E-state index in [-0.39, 0.29) is 5.91 Å². The summed E-state index contributed by atoms with van der Waals surface area (Å²) in [6.07, 6.45) is 2.84. The van der Waals surface area contributed by atoms with Gasteiger partial charge in [0.2, 0.25) is 0 Å². The number of hydrogen-bond donors (Lipinski definition) is 1. The zero-order chi connectivity index (χ0) is 11.5. The second-order valence-electron chi connectivity index (χ2n) is 3.91. The fraction of sp³-hybridized carbons (Fsp3) is 0.455. The maximum absolute atomic E-state index is 12.0. The maximum Gasteiger partial charge on any atom is 0.272 e. The second kappa shape index (κ2) is 4.93. The van der Waals surface area contributed by atoms with E-state index in [1.54, 1.807) is 23.2 Å². The molecular formula is C11H13BrN2O2. The van der Waals surface area contributed by atoms with E-state index in [1.165, 1.54) is 0 Å². The van der Waals surface area contributed by atoms with Gasteiger partial charge in [0.25, 0.3) is 5.91 Å². The van der Waals surface area contributed by atoms with Gasteiger partial charge in [0, 0.05) is 23.8 Å². The highest BCUT2D eigenvalue weighted by Gasteiger charge is 2.23. The lowest BCUT2D eigenvalue weighted by molar-refractivity contribution is 0.0469. The predicted molar refractivity (Wildman–Crippen MR) is 63.1 cm³/mol. The highest BCUT2D eigenvalue weighted by molar-refractivity contribution is 9.10. The van der Waals surface area contributed by atoms with Crippen molar-refractivity contribution in [3.63, 3.8) is 0 Å². The van der Waals surface area contributed by atoms with Crippen molar-refractivity contribution >= 4 is 21.8 Å². The highest BCUT2D eigenvalue weighted by Crippen LogP contribution is 2.14. The molecule has 1 aromatic rings. The Labute approximate surface area is 102 Å². The molecule has 5 heteroatoms. The summed E-state index contributed by atoms with van der Waals surface area (Å²) in [6.45, 7) is 1.12. The Balaban J connectivity index is 2.09. The Hall–Kier alpha value is -0.940. The van der Waals surface area contributed by atoms with Gasteiger partial charge in [0.1, 0.15) is 5.69 Å². The van der Waals surface area contributed by atoms with Gasteiger partial charge < -0.3 is 10.0 Å². The number of aliphatic hydroxyl groups excluding tert-OH is 1. The van der Waals surface area contributed by atoms with Gasteiger partial charge in [-0.05, 0) is 40.9 Å². The van der Waals surface area contributed by atoms with Gasteiger partial charge in [-0.1, -0.05) is 0 Å². The number of amides is 1. The van der Waals surface area contributed by atoms with Gasteiger partial charge in [-0.3, -0.25) is 4.79 Å². The maximum atomic E-state index is 12.0. The van der Waals surface area contributed by atoms with Gasteiger partial charge in [0.15, 0.2) is 0 Å². The molecule has 1 aromatic heterocycles. The molecule has 1 fully saturated rings. The summed E-state index contributed by atoms with van der Waals surface area (Å²) < 4.78 is 0.850. The number of nitrogens with zero attached hydrogens (tertiary/aromatic N) is 2. The van der Waals surface area contributed by atoms with Crippen molar-refractivity contribution in [1.29, 1.82) is 0 Å². The van der Waals surface area contributed by atoms with Gasteiger partial charge >= 0.3 is 0 Å². The summed E-state index contributed by atoms with van der Waals surface area (Å²) >= 11 is 3.27. The second-order valence-corrected chi connectivity index (χ2v) is 4.82. The van der Waals surface area contributed by atoms with Crippen molar-refractivity contribution in [2.45, 2.75) is 18.9 Å². The molecule has 0 aromatic carbocycles. The fourth-order valence-electron chi connectivity index (χ4n) is 1.80. The Morgan fingerprint density at radius 1 is 1.56 bits per heavy atom. The Morgan fingerprint density at radius 3 is 3.00 bits per heavy atom. The summed E-state index contributed by atoms with van der Waals surface area (Å²) in [5.74, 6) is -0.105. The van der Waals surface area contributed by atoms with Crippen LogP contribution >= 0.6 is 15.9 Å². The molecular weight excluding hydrogens is 272 g/mol. The molecule has 2 heterocycles. The lowest BCUT2D eigenvalue weighted by Crippen LogP contribution is -2.42. The van der Waals surface area contributed by atoms with Gasteiger partial charge in [-0.25, -0.2) is 4.98 Å². The molecule has 1 saturated heterocycles. The van der Waals surface area contributed by atoms with Crippen molar-refractivity contribution in [3.05, 3.63) is 28.5 Å². The van der Waals surface area contributed by atoms with Crippen LogP contribution in [0, 0.1) is 0 Å². The van der Waals surface area contributed by atoms with Crippen LogP contribution in [0.25, 0.3) is 0 Å². The zero-order valence-electron chi connectivity index (χ0n) is 8.77. The number of β-amino-alcohol motifs (C(OH)–C–C–N with tert-alkyl or cyclic N) is 1. The van der Waals surface area contributed by atoms with Crippen LogP contribution in [0.2, 0.25) is 0 Å². The first kappa shape index (κ1) is 11.5. The van der Waals surface area contributed by atoms with Gasteiger partial charge in [-0.15, -0.1) is 0 Å².